The molecular formula is C17H15BrN2O. The van der Waals surface area contributed by atoms with Crippen LogP contribution in [-0.4, -0.2) is 14.9 Å². The molecule has 0 unspecified atom stereocenters. The summed E-state index contributed by atoms with van der Waals surface area (Å²) in [5, 5.41) is 14.1. The van der Waals surface area contributed by atoms with E-state index in [-0.39, 0.29) is 0 Å². The second-order valence-corrected chi connectivity index (χ2v) is 5.78. The molecule has 3 nitrogen and oxygen atoms in total. The summed E-state index contributed by atoms with van der Waals surface area (Å²) in [6, 6.07) is 16.0. The van der Waals surface area contributed by atoms with Crippen LogP contribution in [0.15, 0.2) is 65.4 Å². The lowest BCUT2D eigenvalue weighted by atomic mass is 10.1. The van der Waals surface area contributed by atoms with Gasteiger partial charge in [0.1, 0.15) is 0 Å². The average molecular weight is 343 g/mol. The summed E-state index contributed by atoms with van der Waals surface area (Å²) in [7, 11) is 0. The fourth-order valence-electron chi connectivity index (χ4n) is 2.24. The van der Waals surface area contributed by atoms with Gasteiger partial charge in [0.25, 0.3) is 0 Å². The molecule has 1 heterocycles. The predicted molar refractivity (Wildman–Crippen MR) is 87.3 cm³/mol. The molecule has 106 valence electrons. The monoisotopic (exact) mass is 342 g/mol. The maximum Gasteiger partial charge on any atom is 0.0772 e. The molecule has 2 aromatic carbocycles. The SMILES string of the molecule is C[C@H](O)c1ccc(-n2cc(-c3ccccc3)cn2)cc1Br. The van der Waals surface area contributed by atoms with Gasteiger partial charge >= 0.3 is 0 Å². The molecule has 0 aliphatic rings. The topological polar surface area (TPSA) is 38.0 Å². The van der Waals surface area contributed by atoms with Crippen molar-refractivity contribution in [1.82, 2.24) is 9.78 Å². The predicted octanol–water partition coefficient (Wildman–Crippen LogP) is 4.36. The zero-order chi connectivity index (χ0) is 14.8. The Morgan fingerprint density at radius 2 is 1.86 bits per heavy atom. The molecule has 1 N–H and O–H groups in total. The van der Waals surface area contributed by atoms with E-state index in [1.165, 1.54) is 0 Å². The van der Waals surface area contributed by atoms with E-state index in [4.69, 9.17) is 0 Å². The third kappa shape index (κ3) is 2.91. The summed E-state index contributed by atoms with van der Waals surface area (Å²) in [5.74, 6) is 0. The molecule has 0 aliphatic carbocycles. The van der Waals surface area contributed by atoms with Gasteiger partial charge in [0, 0.05) is 16.2 Å². The summed E-state index contributed by atoms with van der Waals surface area (Å²) in [5.41, 5.74) is 4.04. The van der Waals surface area contributed by atoms with Crippen molar-refractivity contribution in [1.29, 1.82) is 0 Å². The van der Waals surface area contributed by atoms with Gasteiger partial charge in [0.2, 0.25) is 0 Å². The van der Waals surface area contributed by atoms with Gasteiger partial charge in [-0.25, -0.2) is 4.68 Å². The van der Waals surface area contributed by atoms with E-state index in [0.717, 1.165) is 26.9 Å². The minimum atomic E-state index is -0.495. The molecule has 0 spiro atoms. The Morgan fingerprint density at radius 1 is 1.10 bits per heavy atom. The van der Waals surface area contributed by atoms with Crippen molar-refractivity contribution < 1.29 is 5.11 Å². The van der Waals surface area contributed by atoms with Crippen LogP contribution in [0.4, 0.5) is 0 Å². The molecule has 0 aliphatic heterocycles. The van der Waals surface area contributed by atoms with Crippen molar-refractivity contribution >= 4 is 15.9 Å². The first-order valence-corrected chi connectivity index (χ1v) is 7.52. The number of hydrogen-bond donors (Lipinski definition) is 1. The van der Waals surface area contributed by atoms with Gasteiger partial charge in [0.15, 0.2) is 0 Å². The first kappa shape index (κ1) is 14.0. The number of halogens is 1. The van der Waals surface area contributed by atoms with E-state index in [0.29, 0.717) is 0 Å². The van der Waals surface area contributed by atoms with Crippen molar-refractivity contribution in [2.75, 3.05) is 0 Å². The largest absolute Gasteiger partial charge is 0.389 e. The van der Waals surface area contributed by atoms with Gasteiger partial charge < -0.3 is 5.11 Å². The van der Waals surface area contributed by atoms with Gasteiger partial charge in [-0.2, -0.15) is 5.10 Å². The van der Waals surface area contributed by atoms with Crippen molar-refractivity contribution in [2.24, 2.45) is 0 Å². The fraction of sp³-hybridized carbons (Fsp3) is 0.118. The zero-order valence-electron chi connectivity index (χ0n) is 11.6. The Hall–Kier alpha value is -1.91. The van der Waals surface area contributed by atoms with Crippen LogP contribution in [0.25, 0.3) is 16.8 Å². The van der Waals surface area contributed by atoms with Crippen LogP contribution < -0.4 is 0 Å². The number of nitrogens with zero attached hydrogens (tertiary/aromatic N) is 2. The van der Waals surface area contributed by atoms with Crippen molar-refractivity contribution in [3.05, 3.63) is 71.0 Å². The summed E-state index contributed by atoms with van der Waals surface area (Å²) < 4.78 is 2.71. The first-order valence-electron chi connectivity index (χ1n) is 6.73. The molecular weight excluding hydrogens is 328 g/mol. The maximum absolute atomic E-state index is 9.67. The standard InChI is InChI=1S/C17H15BrN2O/c1-12(21)16-8-7-15(9-17(16)18)20-11-14(10-19-20)13-5-3-2-4-6-13/h2-12,21H,1H3/t12-/m0/s1. The molecule has 3 rings (SSSR count). The highest BCUT2D eigenvalue weighted by Crippen LogP contribution is 2.26. The van der Waals surface area contributed by atoms with Crippen LogP contribution in [0.1, 0.15) is 18.6 Å². The van der Waals surface area contributed by atoms with Gasteiger partial charge in [-0.05, 0) is 30.2 Å². The Labute approximate surface area is 132 Å². The normalized spacial score (nSPS) is 12.3. The summed E-state index contributed by atoms with van der Waals surface area (Å²) in [6.07, 6.45) is 3.36. The molecule has 0 bridgehead atoms. The van der Waals surface area contributed by atoms with E-state index >= 15 is 0 Å². The molecule has 1 aromatic heterocycles. The highest BCUT2D eigenvalue weighted by molar-refractivity contribution is 9.10. The first-order chi connectivity index (χ1) is 10.1. The number of rotatable bonds is 3. The van der Waals surface area contributed by atoms with Crippen LogP contribution in [0.2, 0.25) is 0 Å². The molecule has 4 heteroatoms. The maximum atomic E-state index is 9.67. The summed E-state index contributed by atoms with van der Waals surface area (Å²) in [6.45, 7) is 1.75. The van der Waals surface area contributed by atoms with Crippen LogP contribution in [0.5, 0.6) is 0 Å². The van der Waals surface area contributed by atoms with E-state index in [2.05, 4.69) is 33.2 Å². The van der Waals surface area contributed by atoms with E-state index in [9.17, 15) is 5.11 Å². The highest BCUT2D eigenvalue weighted by atomic mass is 79.9. The lowest BCUT2D eigenvalue weighted by Gasteiger charge is -2.09. The van der Waals surface area contributed by atoms with Gasteiger partial charge in [-0.1, -0.05) is 52.3 Å². The van der Waals surface area contributed by atoms with E-state index in [1.807, 2.05) is 53.5 Å². The van der Waals surface area contributed by atoms with Gasteiger partial charge in [0.05, 0.1) is 18.0 Å². The zero-order valence-corrected chi connectivity index (χ0v) is 13.2. The number of aromatic nitrogens is 2. The van der Waals surface area contributed by atoms with E-state index in [1.54, 1.807) is 6.92 Å². The Bertz CT molecular complexity index is 750. The lowest BCUT2D eigenvalue weighted by Crippen LogP contribution is -1.97. The third-order valence-electron chi connectivity index (χ3n) is 3.39. The van der Waals surface area contributed by atoms with Crippen LogP contribution >= 0.6 is 15.9 Å². The van der Waals surface area contributed by atoms with Crippen LogP contribution in [-0.2, 0) is 0 Å². The third-order valence-corrected chi connectivity index (χ3v) is 4.08. The highest BCUT2D eigenvalue weighted by Gasteiger charge is 2.09. The Balaban J connectivity index is 1.95. The second kappa shape index (κ2) is 5.84. The molecule has 0 amide bonds. The molecule has 21 heavy (non-hydrogen) atoms. The number of benzene rings is 2. The molecule has 1 atom stereocenters. The van der Waals surface area contributed by atoms with Crippen molar-refractivity contribution in [2.45, 2.75) is 13.0 Å². The summed E-state index contributed by atoms with van der Waals surface area (Å²) >= 11 is 3.50. The average Bonchev–Trinajstić information content (AvgIpc) is 2.97. The number of aliphatic hydroxyl groups excluding tert-OH is 1. The van der Waals surface area contributed by atoms with Crippen molar-refractivity contribution in [3.63, 3.8) is 0 Å². The van der Waals surface area contributed by atoms with Gasteiger partial charge in [-0.3, -0.25) is 0 Å². The quantitative estimate of drug-likeness (QED) is 0.768. The Morgan fingerprint density at radius 3 is 2.52 bits per heavy atom. The number of hydrogen-bond acceptors (Lipinski definition) is 2. The summed E-state index contributed by atoms with van der Waals surface area (Å²) in [4.78, 5) is 0. The lowest BCUT2D eigenvalue weighted by molar-refractivity contribution is 0.198. The van der Waals surface area contributed by atoms with E-state index < -0.39 is 6.10 Å². The molecule has 3 aromatic rings. The number of aliphatic hydroxyl groups is 1. The molecule has 0 saturated carbocycles. The second-order valence-electron chi connectivity index (χ2n) is 4.92. The van der Waals surface area contributed by atoms with Crippen LogP contribution in [0, 0.1) is 0 Å². The molecule has 0 fully saturated rings. The minimum absolute atomic E-state index is 0.495. The molecule has 0 radical (unpaired) electrons. The Kier molecular flexibility index (Phi) is 3.90. The minimum Gasteiger partial charge on any atom is -0.389 e. The fourth-order valence-corrected chi connectivity index (χ4v) is 2.94. The van der Waals surface area contributed by atoms with Gasteiger partial charge in [-0.15, -0.1) is 0 Å². The molecule has 0 saturated heterocycles. The van der Waals surface area contributed by atoms with Crippen LogP contribution in [0.3, 0.4) is 0 Å². The van der Waals surface area contributed by atoms with Crippen molar-refractivity contribution in [3.8, 4) is 16.8 Å². The smallest absolute Gasteiger partial charge is 0.0772 e.